The fourth-order valence-electron chi connectivity index (χ4n) is 5.34. The van der Waals surface area contributed by atoms with Gasteiger partial charge in [-0.05, 0) is 50.4 Å². The third kappa shape index (κ3) is 2.40. The lowest BCUT2D eigenvalue weighted by Crippen LogP contribution is -2.49. The molecule has 0 aromatic heterocycles. The Morgan fingerprint density at radius 2 is 1.95 bits per heavy atom. The van der Waals surface area contributed by atoms with Crippen molar-refractivity contribution in [2.75, 3.05) is 26.3 Å². The van der Waals surface area contributed by atoms with E-state index in [4.69, 9.17) is 10.5 Å². The quantitative estimate of drug-likeness (QED) is 0.801. The number of nitrogens with zero attached hydrogens (tertiary/aromatic N) is 1. The summed E-state index contributed by atoms with van der Waals surface area (Å²) in [6, 6.07) is 0.357. The standard InChI is InChI=1S/C17H28N2O2/c18-15-12-2-1-3-13(15)9-14(8-12)16(20)19-6-4-17(10-19)5-7-21-11-17/h12-15H,1-11,18H2. The molecule has 2 bridgehead atoms. The number of nitrogens with two attached hydrogens (primary N) is 1. The molecule has 3 atom stereocenters. The van der Waals surface area contributed by atoms with Crippen LogP contribution in [-0.2, 0) is 9.53 Å². The summed E-state index contributed by atoms with van der Waals surface area (Å²) < 4.78 is 5.58. The van der Waals surface area contributed by atoms with E-state index in [0.717, 1.165) is 52.0 Å². The zero-order valence-corrected chi connectivity index (χ0v) is 12.9. The van der Waals surface area contributed by atoms with Crippen molar-refractivity contribution in [3.05, 3.63) is 0 Å². The molecule has 0 radical (unpaired) electrons. The van der Waals surface area contributed by atoms with Crippen LogP contribution >= 0.6 is 0 Å². The van der Waals surface area contributed by atoms with Crippen LogP contribution in [0.15, 0.2) is 0 Å². The van der Waals surface area contributed by atoms with Gasteiger partial charge in [0.05, 0.1) is 6.61 Å². The summed E-state index contributed by atoms with van der Waals surface area (Å²) in [5, 5.41) is 0. The first kappa shape index (κ1) is 14.0. The highest BCUT2D eigenvalue weighted by atomic mass is 16.5. The normalized spacial score (nSPS) is 46.2. The average Bonchev–Trinajstić information content (AvgIpc) is 3.09. The first-order valence-corrected chi connectivity index (χ1v) is 8.79. The highest BCUT2D eigenvalue weighted by molar-refractivity contribution is 5.79. The van der Waals surface area contributed by atoms with Crippen molar-refractivity contribution < 1.29 is 9.53 Å². The molecule has 1 amide bonds. The minimum atomic E-state index is 0.248. The van der Waals surface area contributed by atoms with E-state index in [2.05, 4.69) is 4.90 Å². The Balaban J connectivity index is 1.41. The number of fused-ring (bicyclic) bond motifs is 2. The number of hydrogen-bond acceptors (Lipinski definition) is 3. The number of likely N-dealkylation sites (tertiary alicyclic amines) is 1. The van der Waals surface area contributed by atoms with Crippen molar-refractivity contribution in [1.82, 2.24) is 4.90 Å². The minimum Gasteiger partial charge on any atom is -0.381 e. The van der Waals surface area contributed by atoms with Crippen molar-refractivity contribution in [3.63, 3.8) is 0 Å². The Morgan fingerprint density at radius 3 is 2.62 bits per heavy atom. The van der Waals surface area contributed by atoms with Gasteiger partial charge in [-0.25, -0.2) is 0 Å². The second-order valence-electron chi connectivity index (χ2n) is 8.01. The maximum Gasteiger partial charge on any atom is 0.225 e. The molecule has 4 aliphatic rings. The van der Waals surface area contributed by atoms with Crippen molar-refractivity contribution in [1.29, 1.82) is 0 Å². The van der Waals surface area contributed by atoms with Gasteiger partial charge < -0.3 is 15.4 Å². The van der Waals surface area contributed by atoms with Crippen LogP contribution < -0.4 is 5.73 Å². The van der Waals surface area contributed by atoms with E-state index >= 15 is 0 Å². The second-order valence-corrected chi connectivity index (χ2v) is 8.01. The van der Waals surface area contributed by atoms with Crippen LogP contribution in [0.2, 0.25) is 0 Å². The summed E-state index contributed by atoms with van der Waals surface area (Å²) >= 11 is 0. The summed E-state index contributed by atoms with van der Waals surface area (Å²) in [5.41, 5.74) is 6.64. The number of amides is 1. The predicted octanol–water partition coefficient (Wildman–Crippen LogP) is 1.78. The largest absolute Gasteiger partial charge is 0.381 e. The molecule has 2 heterocycles. The Hall–Kier alpha value is -0.610. The van der Waals surface area contributed by atoms with Gasteiger partial charge in [-0.3, -0.25) is 4.79 Å². The summed E-state index contributed by atoms with van der Waals surface area (Å²) in [6.07, 6.45) is 8.13. The lowest BCUT2D eigenvalue weighted by atomic mass is 9.65. The molecule has 4 nitrogen and oxygen atoms in total. The van der Waals surface area contributed by atoms with Crippen LogP contribution in [0.25, 0.3) is 0 Å². The van der Waals surface area contributed by atoms with Gasteiger partial charge in [0.15, 0.2) is 0 Å². The van der Waals surface area contributed by atoms with Gasteiger partial charge in [0, 0.05) is 37.1 Å². The molecule has 4 fully saturated rings. The predicted molar refractivity (Wildman–Crippen MR) is 80.6 cm³/mol. The zero-order valence-electron chi connectivity index (χ0n) is 12.9. The first-order chi connectivity index (χ1) is 10.2. The van der Waals surface area contributed by atoms with E-state index in [-0.39, 0.29) is 11.3 Å². The molecule has 4 rings (SSSR count). The maximum absolute atomic E-state index is 12.9. The fourth-order valence-corrected chi connectivity index (χ4v) is 5.34. The van der Waals surface area contributed by atoms with Crippen molar-refractivity contribution in [3.8, 4) is 0 Å². The summed E-state index contributed by atoms with van der Waals surface area (Å²) in [4.78, 5) is 15.1. The summed E-state index contributed by atoms with van der Waals surface area (Å²) in [6.45, 7) is 3.62. The molecule has 3 unspecified atom stereocenters. The average molecular weight is 292 g/mol. The van der Waals surface area contributed by atoms with E-state index in [1.165, 1.54) is 19.3 Å². The topological polar surface area (TPSA) is 55.6 Å². The lowest BCUT2D eigenvalue weighted by Gasteiger charge is -2.44. The van der Waals surface area contributed by atoms with E-state index in [0.29, 0.717) is 23.8 Å². The highest BCUT2D eigenvalue weighted by Gasteiger charge is 2.46. The lowest BCUT2D eigenvalue weighted by molar-refractivity contribution is -0.138. The smallest absolute Gasteiger partial charge is 0.225 e. The van der Waals surface area contributed by atoms with Crippen LogP contribution in [-0.4, -0.2) is 43.2 Å². The number of hydrogen-bond donors (Lipinski definition) is 1. The van der Waals surface area contributed by atoms with Gasteiger partial charge in [0.25, 0.3) is 0 Å². The molecule has 2 aliphatic carbocycles. The van der Waals surface area contributed by atoms with Gasteiger partial charge in [0.1, 0.15) is 0 Å². The molecule has 1 spiro atoms. The van der Waals surface area contributed by atoms with Gasteiger partial charge in [-0.1, -0.05) is 6.42 Å². The third-order valence-electron chi connectivity index (χ3n) is 6.70. The Bertz CT molecular complexity index is 405. The van der Waals surface area contributed by atoms with E-state index in [1.54, 1.807) is 0 Å². The number of carbonyl (C=O) groups excluding carboxylic acids is 1. The van der Waals surface area contributed by atoms with Crippen LogP contribution in [0.1, 0.15) is 44.9 Å². The molecule has 0 aromatic rings. The summed E-state index contributed by atoms with van der Waals surface area (Å²) in [7, 11) is 0. The molecule has 2 saturated carbocycles. The van der Waals surface area contributed by atoms with E-state index < -0.39 is 0 Å². The second kappa shape index (κ2) is 5.24. The first-order valence-electron chi connectivity index (χ1n) is 8.79. The van der Waals surface area contributed by atoms with Gasteiger partial charge in [-0.2, -0.15) is 0 Å². The molecular formula is C17H28N2O2. The summed E-state index contributed by atoms with van der Waals surface area (Å²) in [5.74, 6) is 1.86. The minimum absolute atomic E-state index is 0.248. The molecular weight excluding hydrogens is 264 g/mol. The molecule has 118 valence electrons. The fraction of sp³-hybridized carbons (Fsp3) is 0.941. The maximum atomic E-state index is 12.9. The van der Waals surface area contributed by atoms with Crippen molar-refractivity contribution >= 4 is 5.91 Å². The Morgan fingerprint density at radius 1 is 1.19 bits per heavy atom. The number of carbonyl (C=O) groups is 1. The Kier molecular flexibility index (Phi) is 3.49. The monoisotopic (exact) mass is 292 g/mol. The Labute approximate surface area is 127 Å². The SMILES string of the molecule is NC1C2CCCC1CC(C(=O)N1CCC3(CCOC3)C1)C2. The van der Waals surface area contributed by atoms with Crippen LogP contribution in [0.3, 0.4) is 0 Å². The molecule has 2 N–H and O–H groups in total. The van der Waals surface area contributed by atoms with Crippen molar-refractivity contribution in [2.24, 2.45) is 28.9 Å². The third-order valence-corrected chi connectivity index (χ3v) is 6.70. The van der Waals surface area contributed by atoms with Crippen molar-refractivity contribution in [2.45, 2.75) is 51.0 Å². The van der Waals surface area contributed by atoms with Gasteiger partial charge in [-0.15, -0.1) is 0 Å². The molecule has 4 heteroatoms. The van der Waals surface area contributed by atoms with E-state index in [9.17, 15) is 4.79 Å². The number of ether oxygens (including phenoxy) is 1. The number of rotatable bonds is 1. The molecule has 2 aliphatic heterocycles. The molecule has 21 heavy (non-hydrogen) atoms. The molecule has 0 aromatic carbocycles. The molecule has 2 saturated heterocycles. The van der Waals surface area contributed by atoms with E-state index in [1.807, 2.05) is 0 Å². The zero-order chi connectivity index (χ0) is 14.4. The highest BCUT2D eigenvalue weighted by Crippen LogP contribution is 2.44. The van der Waals surface area contributed by atoms with Gasteiger partial charge in [0.2, 0.25) is 5.91 Å². The van der Waals surface area contributed by atoms with Gasteiger partial charge >= 0.3 is 0 Å². The van der Waals surface area contributed by atoms with Crippen LogP contribution in [0, 0.1) is 23.2 Å². The van der Waals surface area contributed by atoms with Crippen LogP contribution in [0.5, 0.6) is 0 Å². The van der Waals surface area contributed by atoms with Crippen LogP contribution in [0.4, 0.5) is 0 Å².